The van der Waals surface area contributed by atoms with Crippen molar-refractivity contribution in [1.29, 1.82) is 0 Å². The number of halogens is 4. The molecule has 1 aromatic rings. The summed E-state index contributed by atoms with van der Waals surface area (Å²) in [6.07, 6.45) is -4.38. The quantitative estimate of drug-likeness (QED) is 0.441. The van der Waals surface area contributed by atoms with Crippen molar-refractivity contribution in [2.45, 2.75) is 44.5 Å². The molecule has 0 radical (unpaired) electrons. The standard InChI is InChI=1S/C17H25ClN2O4.C2HF3O2/c1-2-10-7-14(22)12(8-13(10)18)16(19)11-3-5-20(6-4-11)17(24)15(23)9-21;3-2(4,5)1(6)7/h7-8,11,15-16,21-23H,2-6,9,19H2,1H3;(H,6,7). The van der Waals surface area contributed by atoms with Gasteiger partial charge in [0.25, 0.3) is 5.91 Å². The number of nitrogens with two attached hydrogens (primary N) is 1. The van der Waals surface area contributed by atoms with E-state index >= 15 is 0 Å². The van der Waals surface area contributed by atoms with E-state index in [1.165, 1.54) is 4.90 Å². The van der Waals surface area contributed by atoms with Gasteiger partial charge in [-0.3, -0.25) is 4.79 Å². The molecule has 1 aliphatic heterocycles. The Morgan fingerprint density at radius 2 is 1.81 bits per heavy atom. The second-order valence-electron chi connectivity index (χ2n) is 7.05. The maximum Gasteiger partial charge on any atom is 0.490 e. The molecule has 6 N–H and O–H groups in total. The molecule has 1 amide bonds. The first kappa shape index (κ1) is 27.0. The maximum atomic E-state index is 11.9. The predicted molar refractivity (Wildman–Crippen MR) is 106 cm³/mol. The molecular weight excluding hydrogens is 445 g/mol. The van der Waals surface area contributed by atoms with Crippen molar-refractivity contribution in [2.24, 2.45) is 11.7 Å². The van der Waals surface area contributed by atoms with E-state index < -0.39 is 30.8 Å². The molecule has 0 spiro atoms. The van der Waals surface area contributed by atoms with Crippen molar-refractivity contribution in [3.63, 3.8) is 0 Å². The summed E-state index contributed by atoms with van der Waals surface area (Å²) < 4.78 is 31.7. The number of phenols is 1. The number of carbonyl (C=O) groups excluding carboxylic acids is 1. The molecule has 31 heavy (non-hydrogen) atoms. The minimum Gasteiger partial charge on any atom is -0.508 e. The first-order valence-corrected chi connectivity index (χ1v) is 9.85. The van der Waals surface area contributed by atoms with Crippen LogP contribution in [0.3, 0.4) is 0 Å². The summed E-state index contributed by atoms with van der Waals surface area (Å²) in [6, 6.07) is 3.02. The molecule has 2 atom stereocenters. The molecule has 0 aromatic heterocycles. The summed E-state index contributed by atoms with van der Waals surface area (Å²) in [6.45, 7) is 2.33. The second kappa shape index (κ2) is 11.5. The van der Waals surface area contributed by atoms with Gasteiger partial charge in [0.2, 0.25) is 0 Å². The van der Waals surface area contributed by atoms with Crippen LogP contribution in [0.25, 0.3) is 0 Å². The number of aliphatic hydroxyl groups excluding tert-OH is 2. The number of aromatic hydroxyl groups is 1. The maximum absolute atomic E-state index is 11.9. The average Bonchev–Trinajstić information content (AvgIpc) is 2.73. The van der Waals surface area contributed by atoms with Crippen molar-refractivity contribution >= 4 is 23.5 Å². The van der Waals surface area contributed by atoms with Crippen molar-refractivity contribution < 1.29 is 43.2 Å². The fourth-order valence-electron chi connectivity index (χ4n) is 3.18. The number of piperidine rings is 1. The molecular formula is C19H26ClF3N2O6. The fourth-order valence-corrected chi connectivity index (χ4v) is 3.49. The summed E-state index contributed by atoms with van der Waals surface area (Å²) in [5.41, 5.74) is 7.83. The number of hydrogen-bond donors (Lipinski definition) is 5. The van der Waals surface area contributed by atoms with Gasteiger partial charge in [-0.1, -0.05) is 18.5 Å². The fraction of sp³-hybridized carbons (Fsp3) is 0.579. The zero-order valence-corrected chi connectivity index (χ0v) is 17.5. The summed E-state index contributed by atoms with van der Waals surface area (Å²) >= 11 is 6.23. The Hall–Kier alpha value is -2.08. The number of hydrogen-bond acceptors (Lipinski definition) is 6. The normalized spacial score (nSPS) is 16.8. The highest BCUT2D eigenvalue weighted by molar-refractivity contribution is 6.31. The van der Waals surface area contributed by atoms with Crippen LogP contribution in [0.5, 0.6) is 5.75 Å². The molecule has 2 rings (SSSR count). The minimum atomic E-state index is -5.08. The number of aliphatic carboxylic acids is 1. The first-order chi connectivity index (χ1) is 14.3. The third kappa shape index (κ3) is 7.53. The Labute approximate surface area is 182 Å². The summed E-state index contributed by atoms with van der Waals surface area (Å²) in [4.78, 5) is 22.3. The van der Waals surface area contributed by atoms with Gasteiger partial charge in [0.1, 0.15) is 5.75 Å². The van der Waals surface area contributed by atoms with Crippen LogP contribution in [0, 0.1) is 5.92 Å². The number of aliphatic hydroxyl groups is 2. The van der Waals surface area contributed by atoms with Crippen LogP contribution in [0.15, 0.2) is 12.1 Å². The lowest BCUT2D eigenvalue weighted by molar-refractivity contribution is -0.192. The molecule has 0 bridgehead atoms. The van der Waals surface area contributed by atoms with Gasteiger partial charge in [0.05, 0.1) is 6.61 Å². The van der Waals surface area contributed by atoms with Crippen molar-refractivity contribution in [3.05, 3.63) is 28.3 Å². The molecule has 8 nitrogen and oxygen atoms in total. The number of rotatable bonds is 5. The van der Waals surface area contributed by atoms with E-state index in [1.807, 2.05) is 6.92 Å². The summed E-state index contributed by atoms with van der Waals surface area (Å²) in [5, 5.41) is 36.3. The number of carboxylic acid groups (broad SMARTS) is 1. The number of carboxylic acids is 1. The highest BCUT2D eigenvalue weighted by Crippen LogP contribution is 2.36. The van der Waals surface area contributed by atoms with Crippen LogP contribution in [0.2, 0.25) is 5.02 Å². The van der Waals surface area contributed by atoms with Crippen molar-refractivity contribution in [2.75, 3.05) is 19.7 Å². The summed E-state index contributed by atoms with van der Waals surface area (Å²) in [5.74, 6) is -2.96. The van der Waals surface area contributed by atoms with Gasteiger partial charge in [-0.25, -0.2) is 4.79 Å². The van der Waals surface area contributed by atoms with E-state index in [0.717, 1.165) is 12.0 Å². The molecule has 1 fully saturated rings. The smallest absolute Gasteiger partial charge is 0.490 e. The molecule has 2 unspecified atom stereocenters. The molecule has 1 heterocycles. The number of benzene rings is 1. The second-order valence-corrected chi connectivity index (χ2v) is 7.45. The van der Waals surface area contributed by atoms with E-state index in [1.54, 1.807) is 12.1 Å². The van der Waals surface area contributed by atoms with Crippen LogP contribution in [-0.4, -0.2) is 69.2 Å². The number of likely N-dealkylation sites (tertiary alicyclic amines) is 1. The minimum absolute atomic E-state index is 0.106. The molecule has 1 saturated heterocycles. The Balaban J connectivity index is 0.000000592. The van der Waals surface area contributed by atoms with E-state index in [2.05, 4.69) is 0 Å². The van der Waals surface area contributed by atoms with Crippen LogP contribution in [0.1, 0.15) is 36.9 Å². The number of phenolic OH excluding ortho intramolecular Hbond substituents is 1. The SMILES string of the molecule is CCc1cc(O)c(C(N)C2CCN(C(=O)C(O)CO)CC2)cc1Cl.O=C(O)C(F)(F)F. The molecule has 12 heteroatoms. The van der Waals surface area contributed by atoms with E-state index in [9.17, 15) is 28.2 Å². The van der Waals surface area contributed by atoms with Crippen molar-refractivity contribution in [3.8, 4) is 5.75 Å². The molecule has 0 saturated carbocycles. The van der Waals surface area contributed by atoms with Gasteiger partial charge >= 0.3 is 12.1 Å². The Morgan fingerprint density at radius 1 is 1.29 bits per heavy atom. The zero-order chi connectivity index (χ0) is 23.9. The number of aryl methyl sites for hydroxylation is 1. The monoisotopic (exact) mass is 470 g/mol. The third-order valence-electron chi connectivity index (χ3n) is 5.00. The molecule has 1 aromatic carbocycles. The van der Waals surface area contributed by atoms with E-state index in [0.29, 0.717) is 36.5 Å². The lowest BCUT2D eigenvalue weighted by Gasteiger charge is -2.35. The Morgan fingerprint density at radius 3 is 2.23 bits per heavy atom. The molecule has 176 valence electrons. The average molecular weight is 471 g/mol. The number of amides is 1. The van der Waals surface area contributed by atoms with Gasteiger partial charge in [-0.2, -0.15) is 13.2 Å². The zero-order valence-electron chi connectivity index (χ0n) is 16.8. The highest BCUT2D eigenvalue weighted by atomic mass is 35.5. The van der Waals surface area contributed by atoms with Gasteiger partial charge in [-0.15, -0.1) is 0 Å². The van der Waals surface area contributed by atoms with Gasteiger partial charge in [0.15, 0.2) is 6.10 Å². The molecule has 1 aliphatic rings. The van der Waals surface area contributed by atoms with Gasteiger partial charge in [-0.05, 0) is 42.9 Å². The largest absolute Gasteiger partial charge is 0.508 e. The number of carbonyl (C=O) groups is 2. The van der Waals surface area contributed by atoms with Crippen LogP contribution in [0.4, 0.5) is 13.2 Å². The highest BCUT2D eigenvalue weighted by Gasteiger charge is 2.38. The first-order valence-electron chi connectivity index (χ1n) is 9.48. The topological polar surface area (TPSA) is 144 Å². The van der Waals surface area contributed by atoms with Gasteiger partial charge in [0, 0.05) is 29.7 Å². The van der Waals surface area contributed by atoms with E-state index in [-0.39, 0.29) is 17.7 Å². The van der Waals surface area contributed by atoms with Crippen LogP contribution in [-0.2, 0) is 16.0 Å². The lowest BCUT2D eigenvalue weighted by atomic mass is 9.85. The van der Waals surface area contributed by atoms with Crippen LogP contribution < -0.4 is 5.73 Å². The Bertz CT molecular complexity index is 770. The molecule has 0 aliphatic carbocycles. The van der Waals surface area contributed by atoms with Crippen LogP contribution >= 0.6 is 11.6 Å². The summed E-state index contributed by atoms with van der Waals surface area (Å²) in [7, 11) is 0. The Kier molecular flexibility index (Phi) is 10.0. The van der Waals surface area contributed by atoms with E-state index in [4.69, 9.17) is 32.3 Å². The number of nitrogens with zero attached hydrogens (tertiary/aromatic N) is 1. The van der Waals surface area contributed by atoms with Crippen molar-refractivity contribution in [1.82, 2.24) is 4.90 Å². The number of alkyl halides is 3. The third-order valence-corrected chi connectivity index (χ3v) is 5.35. The lowest BCUT2D eigenvalue weighted by Crippen LogP contribution is -2.46. The predicted octanol–water partition coefficient (Wildman–Crippen LogP) is 1.83. The van der Waals surface area contributed by atoms with Gasteiger partial charge < -0.3 is 31.1 Å².